The Kier molecular flexibility index (Phi) is 3.89. The zero-order chi connectivity index (χ0) is 12.3. The predicted molar refractivity (Wildman–Crippen MR) is 70.4 cm³/mol. The van der Waals surface area contributed by atoms with Crippen molar-refractivity contribution >= 4 is 23.3 Å². The molecular weight excluding hydrogens is 236 g/mol. The van der Waals surface area contributed by atoms with Crippen molar-refractivity contribution < 1.29 is 4.79 Å². The molecule has 0 heterocycles. The molecule has 1 fully saturated rings. The fourth-order valence-corrected chi connectivity index (χ4v) is 2.43. The topological polar surface area (TPSA) is 41.1 Å². The van der Waals surface area contributed by atoms with Crippen LogP contribution in [-0.4, -0.2) is 12.1 Å². The molecule has 1 aliphatic carbocycles. The lowest BCUT2D eigenvalue weighted by molar-refractivity contribution is 0.248. The fourth-order valence-electron chi connectivity index (χ4n) is 2.24. The number of anilines is 1. The van der Waals surface area contributed by atoms with E-state index in [0.717, 1.165) is 12.8 Å². The van der Waals surface area contributed by atoms with Crippen molar-refractivity contribution in [1.82, 2.24) is 5.32 Å². The van der Waals surface area contributed by atoms with E-state index in [9.17, 15) is 4.79 Å². The minimum absolute atomic E-state index is 0.169. The van der Waals surface area contributed by atoms with Crippen LogP contribution in [0.5, 0.6) is 0 Å². The summed E-state index contributed by atoms with van der Waals surface area (Å²) >= 11 is 5.97. The number of hydrogen-bond acceptors (Lipinski definition) is 1. The highest BCUT2D eigenvalue weighted by Gasteiger charge is 2.22. The molecule has 0 radical (unpaired) electrons. The molecule has 92 valence electrons. The lowest BCUT2D eigenvalue weighted by Gasteiger charge is -2.14. The summed E-state index contributed by atoms with van der Waals surface area (Å²) < 4.78 is 0. The van der Waals surface area contributed by atoms with Crippen molar-refractivity contribution in [2.24, 2.45) is 5.92 Å². The fraction of sp³-hybridized carbons (Fsp3) is 0.462. The lowest BCUT2D eigenvalue weighted by atomic mass is 10.1. The number of carbonyl (C=O) groups is 1. The second-order valence-electron chi connectivity index (χ2n) is 4.69. The summed E-state index contributed by atoms with van der Waals surface area (Å²) in [4.78, 5) is 11.7. The normalized spacial score (nSPS) is 23.4. The molecule has 0 aliphatic heterocycles. The number of carbonyl (C=O) groups excluding carboxylic acids is 1. The van der Waals surface area contributed by atoms with E-state index in [4.69, 9.17) is 11.6 Å². The number of nitrogens with one attached hydrogen (secondary N) is 2. The molecule has 17 heavy (non-hydrogen) atoms. The van der Waals surface area contributed by atoms with Gasteiger partial charge in [0, 0.05) is 6.04 Å². The lowest BCUT2D eigenvalue weighted by Crippen LogP contribution is -2.36. The summed E-state index contributed by atoms with van der Waals surface area (Å²) in [5, 5.41) is 6.30. The largest absolute Gasteiger partial charge is 0.335 e. The monoisotopic (exact) mass is 252 g/mol. The Bertz CT molecular complexity index is 408. The molecule has 0 aromatic heterocycles. The van der Waals surface area contributed by atoms with Crippen molar-refractivity contribution in [2.75, 3.05) is 5.32 Å². The second-order valence-corrected chi connectivity index (χ2v) is 5.10. The summed E-state index contributed by atoms with van der Waals surface area (Å²) in [5.74, 6) is 0.709. The first-order chi connectivity index (χ1) is 8.15. The molecule has 1 aromatic carbocycles. The zero-order valence-corrected chi connectivity index (χ0v) is 10.6. The molecule has 0 bridgehead atoms. The van der Waals surface area contributed by atoms with E-state index in [1.807, 2.05) is 12.1 Å². The Morgan fingerprint density at radius 1 is 1.35 bits per heavy atom. The zero-order valence-electron chi connectivity index (χ0n) is 9.87. The van der Waals surface area contributed by atoms with E-state index >= 15 is 0 Å². The standard InChI is InChI=1S/C13H17ClN2O/c1-9-6-7-10(8-9)15-13(17)16-12-5-3-2-4-11(12)14/h2-5,9-10H,6-8H2,1H3,(H2,15,16,17). The van der Waals surface area contributed by atoms with Gasteiger partial charge in [-0.3, -0.25) is 0 Å². The van der Waals surface area contributed by atoms with Crippen LogP contribution in [0.15, 0.2) is 24.3 Å². The molecule has 2 rings (SSSR count). The van der Waals surface area contributed by atoms with E-state index in [1.165, 1.54) is 6.42 Å². The molecule has 3 nitrogen and oxygen atoms in total. The Balaban J connectivity index is 1.87. The first kappa shape index (κ1) is 12.2. The average Bonchev–Trinajstić information content (AvgIpc) is 2.67. The molecule has 2 unspecified atom stereocenters. The third kappa shape index (κ3) is 3.37. The van der Waals surface area contributed by atoms with Crippen molar-refractivity contribution in [1.29, 1.82) is 0 Å². The Hall–Kier alpha value is -1.22. The predicted octanol–water partition coefficient (Wildman–Crippen LogP) is 3.65. The number of urea groups is 1. The van der Waals surface area contributed by atoms with Gasteiger partial charge in [0.15, 0.2) is 0 Å². The summed E-state index contributed by atoms with van der Waals surface area (Å²) in [6, 6.07) is 7.36. The molecule has 4 heteroatoms. The Morgan fingerprint density at radius 2 is 2.12 bits per heavy atom. The van der Waals surface area contributed by atoms with Gasteiger partial charge in [0.25, 0.3) is 0 Å². The molecule has 0 spiro atoms. The first-order valence-electron chi connectivity index (χ1n) is 5.97. The number of benzene rings is 1. The maximum Gasteiger partial charge on any atom is 0.319 e. The van der Waals surface area contributed by atoms with E-state index in [0.29, 0.717) is 22.7 Å². The third-order valence-electron chi connectivity index (χ3n) is 3.15. The van der Waals surface area contributed by atoms with Gasteiger partial charge >= 0.3 is 6.03 Å². The van der Waals surface area contributed by atoms with Crippen LogP contribution in [0.1, 0.15) is 26.2 Å². The minimum Gasteiger partial charge on any atom is -0.335 e. The van der Waals surface area contributed by atoms with Gasteiger partial charge in [-0.05, 0) is 37.3 Å². The highest BCUT2D eigenvalue weighted by molar-refractivity contribution is 6.33. The SMILES string of the molecule is CC1CCC(NC(=O)Nc2ccccc2Cl)C1. The van der Waals surface area contributed by atoms with Gasteiger partial charge in [-0.15, -0.1) is 0 Å². The molecule has 2 amide bonds. The Labute approximate surface area is 107 Å². The van der Waals surface area contributed by atoms with Gasteiger partial charge in [0.2, 0.25) is 0 Å². The minimum atomic E-state index is -0.169. The maximum atomic E-state index is 11.7. The van der Waals surface area contributed by atoms with Gasteiger partial charge in [-0.25, -0.2) is 4.79 Å². The van der Waals surface area contributed by atoms with Crippen LogP contribution in [0.2, 0.25) is 5.02 Å². The first-order valence-corrected chi connectivity index (χ1v) is 6.35. The summed E-state index contributed by atoms with van der Waals surface area (Å²) in [5.41, 5.74) is 0.651. The van der Waals surface area contributed by atoms with Gasteiger partial charge in [-0.1, -0.05) is 30.7 Å². The second kappa shape index (κ2) is 5.41. The van der Waals surface area contributed by atoms with Crippen molar-refractivity contribution in [3.05, 3.63) is 29.3 Å². The van der Waals surface area contributed by atoms with E-state index in [1.54, 1.807) is 12.1 Å². The third-order valence-corrected chi connectivity index (χ3v) is 3.48. The van der Waals surface area contributed by atoms with Crippen LogP contribution in [0, 0.1) is 5.92 Å². The number of para-hydroxylation sites is 1. The van der Waals surface area contributed by atoms with E-state index in [-0.39, 0.29) is 6.03 Å². The molecule has 2 atom stereocenters. The maximum absolute atomic E-state index is 11.7. The van der Waals surface area contributed by atoms with Crippen LogP contribution < -0.4 is 10.6 Å². The molecular formula is C13H17ClN2O. The summed E-state index contributed by atoms with van der Waals surface area (Å²) in [6.07, 6.45) is 3.32. The molecule has 1 saturated carbocycles. The molecule has 0 saturated heterocycles. The van der Waals surface area contributed by atoms with Gasteiger partial charge < -0.3 is 10.6 Å². The van der Waals surface area contributed by atoms with Crippen LogP contribution in [0.3, 0.4) is 0 Å². The van der Waals surface area contributed by atoms with Crippen LogP contribution in [-0.2, 0) is 0 Å². The van der Waals surface area contributed by atoms with Crippen LogP contribution >= 0.6 is 11.6 Å². The quantitative estimate of drug-likeness (QED) is 0.829. The summed E-state index contributed by atoms with van der Waals surface area (Å²) in [6.45, 7) is 2.22. The van der Waals surface area contributed by atoms with Crippen molar-refractivity contribution in [3.8, 4) is 0 Å². The van der Waals surface area contributed by atoms with E-state index < -0.39 is 0 Å². The smallest absolute Gasteiger partial charge is 0.319 e. The number of rotatable bonds is 2. The molecule has 2 N–H and O–H groups in total. The van der Waals surface area contributed by atoms with Gasteiger partial charge in [0.1, 0.15) is 0 Å². The van der Waals surface area contributed by atoms with Gasteiger partial charge in [0.05, 0.1) is 10.7 Å². The molecule has 1 aliphatic rings. The number of hydrogen-bond donors (Lipinski definition) is 2. The number of halogens is 1. The highest BCUT2D eigenvalue weighted by Crippen LogP contribution is 2.25. The van der Waals surface area contributed by atoms with Crippen LogP contribution in [0.25, 0.3) is 0 Å². The molecule has 1 aromatic rings. The van der Waals surface area contributed by atoms with Crippen molar-refractivity contribution in [3.63, 3.8) is 0 Å². The van der Waals surface area contributed by atoms with Crippen molar-refractivity contribution in [2.45, 2.75) is 32.2 Å². The summed E-state index contributed by atoms with van der Waals surface area (Å²) in [7, 11) is 0. The average molecular weight is 253 g/mol. The highest BCUT2D eigenvalue weighted by atomic mass is 35.5. The van der Waals surface area contributed by atoms with E-state index in [2.05, 4.69) is 17.6 Å². The van der Waals surface area contributed by atoms with Gasteiger partial charge in [-0.2, -0.15) is 0 Å². The van der Waals surface area contributed by atoms with Crippen LogP contribution in [0.4, 0.5) is 10.5 Å². The Morgan fingerprint density at radius 3 is 2.76 bits per heavy atom. The number of amides is 2.